The van der Waals surface area contributed by atoms with Crippen LogP contribution in [-0.4, -0.2) is 37.8 Å². The molecule has 138 valence electrons. The molecule has 0 saturated heterocycles. The Bertz CT molecular complexity index is 1110. The van der Waals surface area contributed by atoms with E-state index in [9.17, 15) is 10.2 Å². The second kappa shape index (κ2) is 6.55. The van der Waals surface area contributed by atoms with Gasteiger partial charge in [-0.3, -0.25) is 14.7 Å². The van der Waals surface area contributed by atoms with Crippen LogP contribution in [0.3, 0.4) is 0 Å². The first-order valence-electron chi connectivity index (χ1n) is 8.49. The number of aliphatic imine (C=N–C) groups is 1. The van der Waals surface area contributed by atoms with Crippen LogP contribution in [0.1, 0.15) is 25.3 Å². The maximum atomic E-state index is 10.8. The number of aromatic hydroxyl groups is 2. The largest absolute Gasteiger partial charge is 0.508 e. The maximum absolute atomic E-state index is 10.8. The van der Waals surface area contributed by atoms with Crippen molar-refractivity contribution in [3.05, 3.63) is 40.7 Å². The number of phenols is 2. The summed E-state index contributed by atoms with van der Waals surface area (Å²) in [6, 6.07) is 8.71. The van der Waals surface area contributed by atoms with Crippen LogP contribution >= 0.6 is 12.2 Å². The number of H-pyrrole nitrogens is 1. The van der Waals surface area contributed by atoms with Gasteiger partial charge in [-0.2, -0.15) is 5.10 Å². The predicted octanol–water partition coefficient (Wildman–Crippen LogP) is 4.23. The first kappa shape index (κ1) is 17.3. The molecule has 3 N–H and O–H groups in total. The van der Waals surface area contributed by atoms with Crippen LogP contribution in [0.15, 0.2) is 35.3 Å². The average molecular weight is 382 g/mol. The summed E-state index contributed by atoms with van der Waals surface area (Å²) >= 11 is 5.41. The zero-order chi connectivity index (χ0) is 19.1. The lowest BCUT2D eigenvalue weighted by Crippen LogP contribution is -2.04. The van der Waals surface area contributed by atoms with E-state index in [-0.39, 0.29) is 17.4 Å². The lowest BCUT2D eigenvalue weighted by Gasteiger charge is -2.16. The van der Waals surface area contributed by atoms with Gasteiger partial charge in [-0.25, -0.2) is 0 Å². The monoisotopic (exact) mass is 382 g/mol. The van der Waals surface area contributed by atoms with Crippen LogP contribution in [0.2, 0.25) is 0 Å². The molecule has 0 bridgehead atoms. The molecule has 0 saturated carbocycles. The van der Waals surface area contributed by atoms with Crippen LogP contribution in [-0.2, 0) is 0 Å². The van der Waals surface area contributed by atoms with Crippen molar-refractivity contribution in [1.29, 1.82) is 0 Å². The third kappa shape index (κ3) is 2.87. The second-order valence-electron chi connectivity index (χ2n) is 6.51. The summed E-state index contributed by atoms with van der Waals surface area (Å²) in [6.45, 7) is 4.25. The van der Waals surface area contributed by atoms with Crippen molar-refractivity contribution >= 4 is 24.1 Å². The standard InChI is InChI=1S/C19H18N4O3S/c1-10(2)16-14(24)5-4-12(17(16)25)18-21-22-19(27)23(18)11-3-6-15-13(9-11)20-7-8-26-15/h3-7,9-10,24-25H,8H2,1-2H3,(H,22,27). The van der Waals surface area contributed by atoms with Gasteiger partial charge in [-0.1, -0.05) is 13.8 Å². The molecule has 0 aliphatic carbocycles. The lowest BCUT2D eigenvalue weighted by molar-refractivity contribution is 0.377. The molecular formula is C19H18N4O3S. The Morgan fingerprint density at radius 3 is 2.81 bits per heavy atom. The summed E-state index contributed by atoms with van der Waals surface area (Å²) in [5, 5.41) is 28.0. The average Bonchev–Trinajstić information content (AvgIpc) is 3.02. The minimum atomic E-state index is -0.0597. The second-order valence-corrected chi connectivity index (χ2v) is 6.90. The van der Waals surface area contributed by atoms with Gasteiger partial charge in [0.15, 0.2) is 10.6 Å². The van der Waals surface area contributed by atoms with Crippen LogP contribution in [0.25, 0.3) is 17.1 Å². The van der Waals surface area contributed by atoms with Gasteiger partial charge in [0, 0.05) is 11.8 Å². The minimum absolute atomic E-state index is 0.0143. The van der Waals surface area contributed by atoms with Crippen LogP contribution in [0.5, 0.6) is 17.2 Å². The molecular weight excluding hydrogens is 364 g/mol. The van der Waals surface area contributed by atoms with E-state index < -0.39 is 0 Å². The molecule has 0 amide bonds. The topological polar surface area (TPSA) is 95.7 Å². The number of hydrogen-bond acceptors (Lipinski definition) is 6. The van der Waals surface area contributed by atoms with Gasteiger partial charge >= 0.3 is 0 Å². The minimum Gasteiger partial charge on any atom is -0.508 e. The first-order chi connectivity index (χ1) is 13.0. The Kier molecular flexibility index (Phi) is 4.19. The fourth-order valence-corrected chi connectivity index (χ4v) is 3.43. The van der Waals surface area contributed by atoms with Gasteiger partial charge in [0.2, 0.25) is 0 Å². The highest BCUT2D eigenvalue weighted by molar-refractivity contribution is 7.71. The number of hydrogen-bond donors (Lipinski definition) is 3. The predicted molar refractivity (Wildman–Crippen MR) is 105 cm³/mol. The lowest BCUT2D eigenvalue weighted by atomic mass is 9.97. The molecule has 4 rings (SSSR count). The number of nitrogens with zero attached hydrogens (tertiary/aromatic N) is 3. The van der Waals surface area contributed by atoms with Gasteiger partial charge in [0.25, 0.3) is 0 Å². The van der Waals surface area contributed by atoms with Crippen molar-refractivity contribution in [2.75, 3.05) is 6.61 Å². The fraction of sp³-hybridized carbons (Fsp3) is 0.211. The van der Waals surface area contributed by atoms with Crippen molar-refractivity contribution in [1.82, 2.24) is 14.8 Å². The molecule has 0 unspecified atom stereocenters. The Morgan fingerprint density at radius 2 is 2.04 bits per heavy atom. The van der Waals surface area contributed by atoms with Crippen molar-refractivity contribution < 1.29 is 14.9 Å². The zero-order valence-corrected chi connectivity index (χ0v) is 15.6. The molecule has 2 heterocycles. The molecule has 3 aromatic rings. The Morgan fingerprint density at radius 1 is 1.22 bits per heavy atom. The molecule has 1 aromatic heterocycles. The van der Waals surface area contributed by atoms with Crippen molar-refractivity contribution in [2.45, 2.75) is 19.8 Å². The fourth-order valence-electron chi connectivity index (χ4n) is 3.19. The summed E-state index contributed by atoms with van der Waals surface area (Å²) < 4.78 is 7.64. The van der Waals surface area contributed by atoms with Gasteiger partial charge < -0.3 is 14.9 Å². The number of phenolic OH excluding ortho intramolecular Hbond substituents is 2. The summed E-state index contributed by atoms with van der Waals surface area (Å²) in [4.78, 5) is 4.35. The van der Waals surface area contributed by atoms with E-state index in [1.165, 1.54) is 0 Å². The van der Waals surface area contributed by atoms with E-state index in [4.69, 9.17) is 17.0 Å². The maximum Gasteiger partial charge on any atom is 0.200 e. The van der Waals surface area contributed by atoms with E-state index in [2.05, 4.69) is 15.2 Å². The number of rotatable bonds is 3. The molecule has 7 nitrogen and oxygen atoms in total. The highest BCUT2D eigenvalue weighted by atomic mass is 32.1. The summed E-state index contributed by atoms with van der Waals surface area (Å²) in [5.41, 5.74) is 2.38. The number of benzene rings is 2. The summed E-state index contributed by atoms with van der Waals surface area (Å²) in [5.74, 6) is 1.12. The molecule has 0 radical (unpaired) electrons. The quantitative estimate of drug-likeness (QED) is 0.589. The van der Waals surface area contributed by atoms with E-state index in [0.29, 0.717) is 39.8 Å². The molecule has 1 aliphatic heterocycles. The third-order valence-electron chi connectivity index (χ3n) is 4.43. The number of aromatic nitrogens is 3. The molecule has 2 aromatic carbocycles. The van der Waals surface area contributed by atoms with Crippen molar-refractivity contribution in [3.8, 4) is 34.3 Å². The van der Waals surface area contributed by atoms with Gasteiger partial charge in [0.1, 0.15) is 29.5 Å². The molecule has 27 heavy (non-hydrogen) atoms. The normalized spacial score (nSPS) is 12.9. The SMILES string of the molecule is CC(C)c1c(O)ccc(-c2n[nH]c(=S)n2-c2ccc3c(c2)N=CCO3)c1O. The van der Waals surface area contributed by atoms with Crippen molar-refractivity contribution in [3.63, 3.8) is 0 Å². The van der Waals surface area contributed by atoms with E-state index >= 15 is 0 Å². The van der Waals surface area contributed by atoms with Crippen LogP contribution < -0.4 is 4.74 Å². The zero-order valence-electron chi connectivity index (χ0n) is 14.8. The van der Waals surface area contributed by atoms with Gasteiger partial charge in [0.05, 0.1) is 11.3 Å². The molecule has 0 fully saturated rings. The highest BCUT2D eigenvalue weighted by Gasteiger charge is 2.21. The van der Waals surface area contributed by atoms with Gasteiger partial charge in [-0.15, -0.1) is 0 Å². The van der Waals surface area contributed by atoms with E-state index in [0.717, 1.165) is 5.69 Å². The number of aromatic amines is 1. The van der Waals surface area contributed by atoms with Gasteiger partial charge in [-0.05, 0) is 48.5 Å². The molecule has 0 spiro atoms. The smallest absolute Gasteiger partial charge is 0.200 e. The third-order valence-corrected chi connectivity index (χ3v) is 4.70. The Labute approximate surface area is 160 Å². The number of nitrogens with one attached hydrogen (secondary N) is 1. The molecule has 1 aliphatic rings. The Hall–Kier alpha value is -3.13. The number of fused-ring (bicyclic) bond motifs is 1. The highest BCUT2D eigenvalue weighted by Crippen LogP contribution is 2.41. The molecule has 8 heteroatoms. The summed E-state index contributed by atoms with van der Waals surface area (Å²) in [6.07, 6.45) is 1.70. The first-order valence-corrected chi connectivity index (χ1v) is 8.90. The Balaban J connectivity index is 1.91. The van der Waals surface area contributed by atoms with E-state index in [1.807, 2.05) is 32.0 Å². The molecule has 0 atom stereocenters. The number of ether oxygens (including phenoxy) is 1. The summed E-state index contributed by atoms with van der Waals surface area (Å²) in [7, 11) is 0. The van der Waals surface area contributed by atoms with Crippen molar-refractivity contribution in [2.24, 2.45) is 4.99 Å². The van der Waals surface area contributed by atoms with Crippen LogP contribution in [0.4, 0.5) is 5.69 Å². The van der Waals surface area contributed by atoms with Crippen LogP contribution in [0, 0.1) is 4.77 Å². The van der Waals surface area contributed by atoms with E-state index in [1.54, 1.807) is 22.9 Å².